The van der Waals surface area contributed by atoms with E-state index in [0.29, 0.717) is 90.1 Å². The fourth-order valence-corrected chi connectivity index (χ4v) is 18.0. The third kappa shape index (κ3) is 15.7. The van der Waals surface area contributed by atoms with Crippen molar-refractivity contribution >= 4 is 41.8 Å². The number of ether oxygens (including phenoxy) is 15. The van der Waals surface area contributed by atoms with Crippen molar-refractivity contribution in [1.29, 1.82) is 0 Å². The maximum atomic E-state index is 15.5. The summed E-state index contributed by atoms with van der Waals surface area (Å²) >= 11 is 0. The van der Waals surface area contributed by atoms with Crippen molar-refractivity contribution in [1.82, 2.24) is 0 Å². The SMILES string of the molecule is CCC(C)(CCCC(C)(CCCC(C)(CCCC(C)(CCCC(C)(C)C(=O)OCC1CO1)C(=O)OC12CC3CC(CC(O)(C3)C1)C2)C(=O)OCC(=O)OC1C2CC3C(=O)OC1C3C2)C(=O)OC1C(C2COC(C)(C)O2)OC2OC(C)(C)OC21)C(=O)OCC1COC(C)(C)O1. The molecule has 6 aliphatic carbocycles. The quantitative estimate of drug-likeness (QED) is 0.0373. The van der Waals surface area contributed by atoms with Crippen LogP contribution in [-0.4, -0.2) is 170 Å². The highest BCUT2D eigenvalue weighted by atomic mass is 16.9. The van der Waals surface area contributed by atoms with Crippen LogP contribution in [0, 0.1) is 56.7 Å². The van der Waals surface area contributed by atoms with E-state index < -0.39 is 135 Å². The standard InChI is InChI=1S/C71H108O23/c1-14-66(10,58(75)82-36-45-37-84-63(4,5)90-45)20-16-24-68(12,60(77)89-53-52(48-38-85-64(6,7)91-48)88-56-54(53)92-65(8,9)93-56)25-17-22-67(11,59(76)83-39-49(72)86-50-43-28-46-47(29-43)55(73)87-51(46)50)23-18-26-69(13,21-15-19-62(2,3)57(74)81-35-44-34-80-44)61(78)94-71-32-41-27-42(33-71)31-70(79,30-41)40-71/h41-48,50-54,56,79H,14-40H2,1-13H3. The molecule has 0 spiro atoms. The fourth-order valence-electron chi connectivity index (χ4n) is 18.0. The van der Waals surface area contributed by atoms with Gasteiger partial charge in [0.15, 0.2) is 42.5 Å². The number of hydrogen-bond acceptors (Lipinski definition) is 23. The van der Waals surface area contributed by atoms with Gasteiger partial charge in [0.05, 0.1) is 58.4 Å². The molecule has 12 rings (SSSR count). The van der Waals surface area contributed by atoms with E-state index in [4.69, 9.17) is 71.1 Å². The van der Waals surface area contributed by atoms with Gasteiger partial charge in [-0.15, -0.1) is 0 Å². The first-order valence-electron chi connectivity index (χ1n) is 35.3. The van der Waals surface area contributed by atoms with Gasteiger partial charge in [0.1, 0.15) is 55.4 Å². The van der Waals surface area contributed by atoms with Gasteiger partial charge in [0.2, 0.25) is 0 Å². The van der Waals surface area contributed by atoms with Gasteiger partial charge in [-0.3, -0.25) is 28.8 Å². The van der Waals surface area contributed by atoms with Gasteiger partial charge in [-0.25, -0.2) is 4.79 Å². The van der Waals surface area contributed by atoms with Gasteiger partial charge >= 0.3 is 41.8 Å². The summed E-state index contributed by atoms with van der Waals surface area (Å²) in [5, 5.41) is 11.7. The van der Waals surface area contributed by atoms with E-state index in [9.17, 15) is 24.3 Å². The Hall–Kier alpha value is -4.07. The van der Waals surface area contributed by atoms with Crippen molar-refractivity contribution in [3.63, 3.8) is 0 Å². The van der Waals surface area contributed by atoms with E-state index in [1.807, 2.05) is 55.4 Å². The first kappa shape index (κ1) is 71.2. The third-order valence-corrected chi connectivity index (χ3v) is 23.4. The van der Waals surface area contributed by atoms with E-state index in [2.05, 4.69) is 0 Å². The zero-order valence-corrected chi connectivity index (χ0v) is 58.1. The molecule has 6 saturated heterocycles. The van der Waals surface area contributed by atoms with Crippen LogP contribution in [0.3, 0.4) is 0 Å². The Morgan fingerprint density at radius 2 is 1.12 bits per heavy atom. The first-order chi connectivity index (χ1) is 43.9. The summed E-state index contributed by atoms with van der Waals surface area (Å²) in [6.45, 7) is 24.2. The maximum Gasteiger partial charge on any atom is 0.344 e. The minimum atomic E-state index is -1.31. The van der Waals surface area contributed by atoms with Crippen molar-refractivity contribution < 1.29 is 110 Å². The average molecular weight is 1330 g/mol. The van der Waals surface area contributed by atoms with Crippen LogP contribution in [0.1, 0.15) is 225 Å². The molecule has 23 heteroatoms. The van der Waals surface area contributed by atoms with Crippen LogP contribution in [0.15, 0.2) is 0 Å². The van der Waals surface area contributed by atoms with Gasteiger partial charge < -0.3 is 76.2 Å². The maximum absolute atomic E-state index is 15.5. The molecule has 6 aliphatic heterocycles. The molecule has 0 amide bonds. The normalized spacial score (nSPS) is 37.5. The molecule has 6 heterocycles. The Balaban J connectivity index is 0.826. The lowest BCUT2D eigenvalue weighted by atomic mass is 9.52. The molecule has 0 aromatic heterocycles. The molecule has 94 heavy (non-hydrogen) atoms. The molecule has 18 atom stereocenters. The van der Waals surface area contributed by atoms with Crippen LogP contribution in [0.25, 0.3) is 0 Å². The Morgan fingerprint density at radius 3 is 1.70 bits per heavy atom. The topological polar surface area (TPSA) is 281 Å². The molecule has 0 aromatic rings. The van der Waals surface area contributed by atoms with Crippen LogP contribution < -0.4 is 0 Å². The molecule has 0 radical (unpaired) electrons. The van der Waals surface area contributed by atoms with Crippen LogP contribution in [0.4, 0.5) is 0 Å². The molecule has 18 unspecified atom stereocenters. The number of aliphatic hydroxyl groups is 1. The highest BCUT2D eigenvalue weighted by Crippen LogP contribution is 2.60. The number of rotatable bonds is 32. The van der Waals surface area contributed by atoms with Gasteiger partial charge in [0.25, 0.3) is 0 Å². The lowest BCUT2D eigenvalue weighted by Crippen LogP contribution is -2.61. The first-order valence-corrected chi connectivity index (χ1v) is 35.3. The Labute approximate surface area is 554 Å². The highest BCUT2D eigenvalue weighted by Gasteiger charge is 2.65. The van der Waals surface area contributed by atoms with E-state index in [-0.39, 0.29) is 119 Å². The number of carbonyl (C=O) groups excluding carboxylic acids is 7. The van der Waals surface area contributed by atoms with E-state index >= 15 is 14.4 Å². The smallest absolute Gasteiger partial charge is 0.344 e. The summed E-state index contributed by atoms with van der Waals surface area (Å²) in [5.74, 6) is -5.87. The molecule has 6 saturated carbocycles. The van der Waals surface area contributed by atoms with Crippen molar-refractivity contribution in [2.75, 3.05) is 39.6 Å². The molecule has 1 N–H and O–H groups in total. The number of fused-ring (bicyclic) bond motifs is 2. The highest BCUT2D eigenvalue weighted by molar-refractivity contribution is 5.81. The third-order valence-electron chi connectivity index (χ3n) is 23.4. The summed E-state index contributed by atoms with van der Waals surface area (Å²) in [7, 11) is 0. The average Bonchev–Trinajstić information content (AvgIpc) is 1.01. The van der Waals surface area contributed by atoms with Gasteiger partial charge in [-0.05, 0) is 198 Å². The lowest BCUT2D eigenvalue weighted by Gasteiger charge is -2.59. The summed E-state index contributed by atoms with van der Waals surface area (Å²) < 4.78 is 90.7. The number of esters is 7. The van der Waals surface area contributed by atoms with Crippen molar-refractivity contribution in [2.24, 2.45) is 56.7 Å². The van der Waals surface area contributed by atoms with E-state index in [1.165, 1.54) is 0 Å². The van der Waals surface area contributed by atoms with Gasteiger partial charge in [0, 0.05) is 18.3 Å². The van der Waals surface area contributed by atoms with Crippen molar-refractivity contribution in [3.05, 3.63) is 0 Å². The second kappa shape index (κ2) is 26.5. The zero-order chi connectivity index (χ0) is 67.8. The number of hydrogen-bond donors (Lipinski definition) is 1. The Bertz CT molecular complexity index is 2810. The minimum Gasteiger partial charge on any atom is -0.462 e. The molecular formula is C71H108O23. The molecule has 23 nitrogen and oxygen atoms in total. The lowest BCUT2D eigenvalue weighted by molar-refractivity contribution is -0.236. The molecule has 530 valence electrons. The van der Waals surface area contributed by atoms with Gasteiger partial charge in [-0.2, -0.15) is 0 Å². The zero-order valence-electron chi connectivity index (χ0n) is 58.1. The van der Waals surface area contributed by atoms with Crippen molar-refractivity contribution in [3.8, 4) is 0 Å². The summed E-state index contributed by atoms with van der Waals surface area (Å²) in [5.41, 5.74) is -7.13. The minimum absolute atomic E-state index is 0.00912. The van der Waals surface area contributed by atoms with Gasteiger partial charge in [-0.1, -0.05) is 32.6 Å². The second-order valence-corrected chi connectivity index (χ2v) is 33.5. The molecule has 0 aromatic carbocycles. The van der Waals surface area contributed by atoms with Crippen LogP contribution >= 0.6 is 0 Å². The number of carbonyl (C=O) groups is 7. The molecule has 12 aliphatic rings. The van der Waals surface area contributed by atoms with E-state index in [0.717, 1.165) is 12.8 Å². The number of epoxide rings is 1. The fraction of sp³-hybridized carbons (Fsp3) is 0.901. The van der Waals surface area contributed by atoms with Crippen LogP contribution in [0.5, 0.6) is 0 Å². The van der Waals surface area contributed by atoms with Crippen molar-refractivity contribution in [2.45, 2.75) is 309 Å². The summed E-state index contributed by atoms with van der Waals surface area (Å²) in [6.07, 6.45) is 3.83. The van der Waals surface area contributed by atoms with Crippen LogP contribution in [0.2, 0.25) is 0 Å². The predicted molar refractivity (Wildman–Crippen MR) is 331 cm³/mol. The molecule has 12 fully saturated rings. The predicted octanol–water partition coefficient (Wildman–Crippen LogP) is 9.37. The summed E-state index contributed by atoms with van der Waals surface area (Å²) in [6, 6.07) is 0. The molecule has 6 bridgehead atoms. The Morgan fingerprint density at radius 1 is 0.553 bits per heavy atom. The van der Waals surface area contributed by atoms with E-state index in [1.54, 1.807) is 34.6 Å². The molecular weight excluding hydrogens is 1220 g/mol. The van der Waals surface area contributed by atoms with Crippen LogP contribution in [-0.2, 0) is 105 Å². The second-order valence-electron chi connectivity index (χ2n) is 33.5. The summed E-state index contributed by atoms with van der Waals surface area (Å²) in [4.78, 5) is 99.4. The Kier molecular flexibility index (Phi) is 20.1. The largest absolute Gasteiger partial charge is 0.462 e. The monoisotopic (exact) mass is 1330 g/mol.